The number of hydrogen-bond acceptors (Lipinski definition) is 5. The molecule has 0 aliphatic heterocycles. The molecule has 0 fully saturated rings. The summed E-state index contributed by atoms with van der Waals surface area (Å²) in [7, 11) is 1.03. The molecule has 0 radical (unpaired) electrons. The minimum Gasteiger partial charge on any atom is -0.491 e. The minimum absolute atomic E-state index is 0.00920. The molecule has 5 nitrogen and oxygen atoms in total. The lowest BCUT2D eigenvalue weighted by molar-refractivity contribution is -0.276. The van der Waals surface area contributed by atoms with E-state index in [0.29, 0.717) is 0 Å². The highest BCUT2D eigenvalue weighted by Gasteiger charge is 2.35. The summed E-state index contributed by atoms with van der Waals surface area (Å²) in [5.74, 6) is -2.58. The molecular formula is C11H11F4NO4. The minimum atomic E-state index is -5.05. The molecule has 0 unspecified atom stereocenters. The van der Waals surface area contributed by atoms with Gasteiger partial charge in [-0.25, -0.2) is 14.2 Å². The van der Waals surface area contributed by atoms with Gasteiger partial charge in [0.25, 0.3) is 5.88 Å². The second-order valence-electron chi connectivity index (χ2n) is 3.40. The number of hydrogen-bond donors (Lipinski definition) is 0. The van der Waals surface area contributed by atoms with Crippen LogP contribution in [0.4, 0.5) is 17.6 Å². The van der Waals surface area contributed by atoms with Crippen molar-refractivity contribution in [3.8, 4) is 11.6 Å². The van der Waals surface area contributed by atoms with E-state index < -0.39 is 41.9 Å². The third-order valence-corrected chi connectivity index (χ3v) is 2.04. The predicted molar refractivity (Wildman–Crippen MR) is 58.2 cm³/mol. The number of carbonyl (C=O) groups excluding carboxylic acids is 1. The van der Waals surface area contributed by atoms with Crippen molar-refractivity contribution in [2.75, 3.05) is 13.7 Å². The molecule has 0 saturated heterocycles. The second kappa shape index (κ2) is 6.40. The Hall–Kier alpha value is -2.06. The van der Waals surface area contributed by atoms with Crippen LogP contribution in [0.25, 0.3) is 0 Å². The summed E-state index contributed by atoms with van der Waals surface area (Å²) in [6.45, 7) is 0.324. The number of aromatic nitrogens is 1. The Kier molecular flexibility index (Phi) is 5.12. The smallest absolute Gasteiger partial charge is 0.491 e. The first-order valence-electron chi connectivity index (χ1n) is 5.39. The van der Waals surface area contributed by atoms with Crippen molar-refractivity contribution >= 4 is 5.97 Å². The normalized spacial score (nSPS) is 11.1. The fourth-order valence-electron chi connectivity index (χ4n) is 1.37. The zero-order valence-electron chi connectivity index (χ0n) is 10.6. The van der Waals surface area contributed by atoms with Crippen LogP contribution < -0.4 is 9.47 Å². The maximum Gasteiger partial charge on any atom is 0.574 e. The number of alkyl halides is 4. The van der Waals surface area contributed by atoms with E-state index in [9.17, 15) is 22.4 Å². The van der Waals surface area contributed by atoms with Gasteiger partial charge in [0.1, 0.15) is 12.2 Å². The van der Waals surface area contributed by atoms with Gasteiger partial charge in [-0.1, -0.05) is 0 Å². The van der Waals surface area contributed by atoms with Crippen molar-refractivity contribution in [2.45, 2.75) is 20.0 Å². The average molecular weight is 297 g/mol. The Morgan fingerprint density at radius 3 is 2.50 bits per heavy atom. The van der Waals surface area contributed by atoms with E-state index in [2.05, 4.69) is 19.2 Å². The highest BCUT2D eigenvalue weighted by atomic mass is 19.4. The second-order valence-corrected chi connectivity index (χ2v) is 3.40. The van der Waals surface area contributed by atoms with Crippen molar-refractivity contribution in [3.63, 3.8) is 0 Å². The van der Waals surface area contributed by atoms with Gasteiger partial charge in [0, 0.05) is 0 Å². The molecule has 112 valence electrons. The van der Waals surface area contributed by atoms with E-state index in [1.807, 2.05) is 0 Å². The van der Waals surface area contributed by atoms with E-state index in [1.54, 1.807) is 0 Å². The molecular weight excluding hydrogens is 286 g/mol. The highest BCUT2D eigenvalue weighted by molar-refractivity contribution is 5.93. The molecule has 1 aromatic rings. The monoisotopic (exact) mass is 297 g/mol. The van der Waals surface area contributed by atoms with E-state index in [0.717, 1.165) is 13.2 Å². The summed E-state index contributed by atoms with van der Waals surface area (Å²) in [5, 5.41) is 0. The van der Waals surface area contributed by atoms with Crippen LogP contribution >= 0.6 is 0 Å². The number of methoxy groups -OCH3 is 1. The van der Waals surface area contributed by atoms with Crippen LogP contribution in [0.2, 0.25) is 0 Å². The number of nitrogens with zero attached hydrogens (tertiary/aromatic N) is 1. The first-order valence-corrected chi connectivity index (χ1v) is 5.39. The SMILES string of the molecule is CCOC(=O)c1cc(CF)nc(OC(F)(F)F)c1OC. The fourth-order valence-corrected chi connectivity index (χ4v) is 1.37. The van der Waals surface area contributed by atoms with Gasteiger partial charge in [-0.15, -0.1) is 13.2 Å². The summed E-state index contributed by atoms with van der Waals surface area (Å²) in [6.07, 6.45) is -5.05. The van der Waals surface area contributed by atoms with Crippen LogP contribution in [-0.2, 0) is 11.4 Å². The Bertz CT molecular complexity index is 490. The molecule has 1 heterocycles. The number of ether oxygens (including phenoxy) is 3. The van der Waals surface area contributed by atoms with Crippen molar-refractivity contribution in [2.24, 2.45) is 0 Å². The van der Waals surface area contributed by atoms with Crippen LogP contribution in [0, 0.1) is 0 Å². The molecule has 0 saturated carbocycles. The van der Waals surface area contributed by atoms with Gasteiger partial charge >= 0.3 is 12.3 Å². The number of rotatable bonds is 5. The molecule has 0 aliphatic rings. The predicted octanol–water partition coefficient (Wildman–Crippen LogP) is 2.64. The molecule has 1 aromatic heterocycles. The lowest BCUT2D eigenvalue weighted by Crippen LogP contribution is -2.20. The van der Waals surface area contributed by atoms with Crippen LogP contribution in [0.5, 0.6) is 11.6 Å². The molecule has 0 atom stereocenters. The Morgan fingerprint density at radius 1 is 1.40 bits per heavy atom. The number of halogens is 4. The molecule has 0 bridgehead atoms. The van der Waals surface area contributed by atoms with Gasteiger partial charge in [0.05, 0.1) is 19.4 Å². The Labute approximate surface area is 111 Å². The lowest BCUT2D eigenvalue weighted by atomic mass is 10.2. The van der Waals surface area contributed by atoms with Gasteiger partial charge in [0.15, 0.2) is 5.75 Å². The summed E-state index contributed by atoms with van der Waals surface area (Å²) >= 11 is 0. The topological polar surface area (TPSA) is 57.7 Å². The zero-order chi connectivity index (χ0) is 15.3. The molecule has 1 rings (SSSR count). The van der Waals surface area contributed by atoms with Crippen molar-refractivity contribution in [3.05, 3.63) is 17.3 Å². The third-order valence-electron chi connectivity index (χ3n) is 2.04. The molecule has 0 amide bonds. The van der Waals surface area contributed by atoms with E-state index in [1.165, 1.54) is 6.92 Å². The van der Waals surface area contributed by atoms with Crippen LogP contribution in [0.3, 0.4) is 0 Å². The first kappa shape index (κ1) is 16.0. The van der Waals surface area contributed by atoms with Gasteiger partial charge < -0.3 is 14.2 Å². The summed E-state index contributed by atoms with van der Waals surface area (Å²) in [5.41, 5.74) is -0.802. The maximum absolute atomic E-state index is 12.6. The van der Waals surface area contributed by atoms with Crippen LogP contribution in [-0.4, -0.2) is 31.0 Å². The highest BCUT2D eigenvalue weighted by Crippen LogP contribution is 2.34. The molecule has 0 spiro atoms. The van der Waals surface area contributed by atoms with Crippen LogP contribution in [0.1, 0.15) is 23.0 Å². The van der Waals surface area contributed by atoms with E-state index in [-0.39, 0.29) is 6.61 Å². The van der Waals surface area contributed by atoms with Crippen LogP contribution in [0.15, 0.2) is 6.07 Å². The fraction of sp³-hybridized carbons (Fsp3) is 0.455. The van der Waals surface area contributed by atoms with E-state index in [4.69, 9.17) is 0 Å². The molecule has 9 heteroatoms. The van der Waals surface area contributed by atoms with Gasteiger partial charge in [-0.3, -0.25) is 0 Å². The Morgan fingerprint density at radius 2 is 2.05 bits per heavy atom. The van der Waals surface area contributed by atoms with Crippen molar-refractivity contribution in [1.29, 1.82) is 0 Å². The van der Waals surface area contributed by atoms with Gasteiger partial charge in [0.2, 0.25) is 0 Å². The molecule has 0 aliphatic carbocycles. The average Bonchev–Trinajstić information content (AvgIpc) is 2.36. The molecule has 0 N–H and O–H groups in total. The molecule has 0 aromatic carbocycles. The maximum atomic E-state index is 12.6. The quantitative estimate of drug-likeness (QED) is 0.617. The molecule has 20 heavy (non-hydrogen) atoms. The summed E-state index contributed by atoms with van der Waals surface area (Å²) in [4.78, 5) is 14.9. The summed E-state index contributed by atoms with van der Waals surface area (Å²) in [6, 6.07) is 0.945. The first-order chi connectivity index (χ1) is 9.32. The van der Waals surface area contributed by atoms with Crippen molar-refractivity contribution in [1.82, 2.24) is 4.98 Å². The zero-order valence-corrected chi connectivity index (χ0v) is 10.6. The van der Waals surface area contributed by atoms with E-state index >= 15 is 0 Å². The number of pyridine rings is 1. The number of carbonyl (C=O) groups is 1. The Balaban J connectivity index is 3.34. The number of esters is 1. The third kappa shape index (κ3) is 3.97. The largest absolute Gasteiger partial charge is 0.574 e. The summed E-state index contributed by atoms with van der Waals surface area (Å²) < 4.78 is 62.3. The van der Waals surface area contributed by atoms with Crippen molar-refractivity contribution < 1.29 is 36.6 Å². The van der Waals surface area contributed by atoms with Gasteiger partial charge in [-0.05, 0) is 13.0 Å². The lowest BCUT2D eigenvalue weighted by Gasteiger charge is -2.15. The van der Waals surface area contributed by atoms with Gasteiger partial charge in [-0.2, -0.15) is 0 Å². The standard InChI is InChI=1S/C11H11F4NO4/c1-3-19-10(17)7-4-6(5-12)16-9(8(7)18-2)20-11(13,14)15/h4H,3,5H2,1-2H3.